The highest BCUT2D eigenvalue weighted by Crippen LogP contribution is 2.34. The number of benzene rings is 1. The predicted octanol–water partition coefficient (Wildman–Crippen LogP) is 3.62. The standard InChI is InChI=1S/C11H10BrF3O2/c1-11(2,4-7(16)17)5-3-6(13)8(12)10(15)9(5)14/h3H,4H2,1-2H3,(H,16,17). The number of carbonyl (C=O) groups is 1. The number of halogens is 4. The van der Waals surface area contributed by atoms with Crippen molar-refractivity contribution in [3.05, 3.63) is 33.6 Å². The van der Waals surface area contributed by atoms with Crippen LogP contribution in [0.5, 0.6) is 0 Å². The molecule has 0 aliphatic rings. The van der Waals surface area contributed by atoms with Crippen LogP contribution in [-0.2, 0) is 10.2 Å². The van der Waals surface area contributed by atoms with Crippen LogP contribution in [-0.4, -0.2) is 11.1 Å². The van der Waals surface area contributed by atoms with Crippen molar-refractivity contribution >= 4 is 21.9 Å². The number of carboxylic acids is 1. The van der Waals surface area contributed by atoms with E-state index in [1.807, 2.05) is 0 Å². The third-order valence-electron chi connectivity index (χ3n) is 2.42. The van der Waals surface area contributed by atoms with Gasteiger partial charge in [0.2, 0.25) is 0 Å². The number of hydrogen-bond donors (Lipinski definition) is 1. The normalized spacial score (nSPS) is 11.6. The summed E-state index contributed by atoms with van der Waals surface area (Å²) >= 11 is 2.58. The SMILES string of the molecule is CC(C)(CC(=O)O)c1cc(F)c(Br)c(F)c1F. The van der Waals surface area contributed by atoms with E-state index in [4.69, 9.17) is 5.11 Å². The van der Waals surface area contributed by atoms with Crippen molar-refractivity contribution in [2.45, 2.75) is 25.7 Å². The van der Waals surface area contributed by atoms with Gasteiger partial charge in [-0.3, -0.25) is 4.79 Å². The van der Waals surface area contributed by atoms with Gasteiger partial charge in [0.05, 0.1) is 10.9 Å². The van der Waals surface area contributed by atoms with Crippen LogP contribution in [0.2, 0.25) is 0 Å². The van der Waals surface area contributed by atoms with Gasteiger partial charge in [-0.05, 0) is 22.0 Å². The predicted molar refractivity (Wildman–Crippen MR) is 59.3 cm³/mol. The lowest BCUT2D eigenvalue weighted by Gasteiger charge is -2.24. The number of hydrogen-bond acceptors (Lipinski definition) is 1. The van der Waals surface area contributed by atoms with Crippen molar-refractivity contribution in [1.82, 2.24) is 0 Å². The largest absolute Gasteiger partial charge is 0.481 e. The summed E-state index contributed by atoms with van der Waals surface area (Å²) in [5, 5.41) is 8.68. The molecular weight excluding hydrogens is 301 g/mol. The van der Waals surface area contributed by atoms with Crippen molar-refractivity contribution in [3.8, 4) is 0 Å². The van der Waals surface area contributed by atoms with Crippen LogP contribution in [0.25, 0.3) is 0 Å². The van der Waals surface area contributed by atoms with Gasteiger partial charge < -0.3 is 5.11 Å². The number of aliphatic carboxylic acids is 1. The van der Waals surface area contributed by atoms with Gasteiger partial charge in [-0.15, -0.1) is 0 Å². The molecule has 6 heteroatoms. The fourth-order valence-electron chi connectivity index (χ4n) is 1.54. The summed E-state index contributed by atoms with van der Waals surface area (Å²) in [4.78, 5) is 10.6. The van der Waals surface area contributed by atoms with Crippen molar-refractivity contribution in [1.29, 1.82) is 0 Å². The van der Waals surface area contributed by atoms with Gasteiger partial charge in [0.1, 0.15) is 5.82 Å². The van der Waals surface area contributed by atoms with E-state index in [2.05, 4.69) is 15.9 Å². The molecule has 0 bridgehead atoms. The Morgan fingerprint density at radius 2 is 1.88 bits per heavy atom. The monoisotopic (exact) mass is 310 g/mol. The molecule has 0 aliphatic carbocycles. The fraction of sp³-hybridized carbons (Fsp3) is 0.364. The highest BCUT2D eigenvalue weighted by Gasteiger charge is 2.30. The van der Waals surface area contributed by atoms with Gasteiger partial charge in [-0.2, -0.15) is 0 Å². The summed E-state index contributed by atoms with van der Waals surface area (Å²) in [5.41, 5.74) is -1.49. The summed E-state index contributed by atoms with van der Waals surface area (Å²) in [6.45, 7) is 2.82. The lowest BCUT2D eigenvalue weighted by molar-refractivity contribution is -0.138. The molecule has 1 rings (SSSR count). The Bertz CT molecular complexity index is 472. The molecule has 0 spiro atoms. The molecule has 1 N–H and O–H groups in total. The Labute approximate surface area is 105 Å². The second-order valence-electron chi connectivity index (χ2n) is 4.30. The molecule has 0 radical (unpaired) electrons. The summed E-state index contributed by atoms with van der Waals surface area (Å²) in [5.74, 6) is -4.71. The quantitative estimate of drug-likeness (QED) is 0.684. The average molecular weight is 311 g/mol. The molecule has 0 saturated carbocycles. The third-order valence-corrected chi connectivity index (χ3v) is 3.15. The van der Waals surface area contributed by atoms with Crippen LogP contribution >= 0.6 is 15.9 Å². The second-order valence-corrected chi connectivity index (χ2v) is 5.10. The highest BCUT2D eigenvalue weighted by molar-refractivity contribution is 9.10. The zero-order valence-corrected chi connectivity index (χ0v) is 10.7. The molecule has 0 atom stereocenters. The average Bonchev–Trinajstić information content (AvgIpc) is 2.18. The van der Waals surface area contributed by atoms with E-state index >= 15 is 0 Å². The van der Waals surface area contributed by atoms with E-state index in [1.54, 1.807) is 0 Å². The fourth-order valence-corrected chi connectivity index (χ4v) is 1.83. The van der Waals surface area contributed by atoms with Gasteiger partial charge in [0.25, 0.3) is 0 Å². The topological polar surface area (TPSA) is 37.3 Å². The Morgan fingerprint density at radius 3 is 2.35 bits per heavy atom. The minimum absolute atomic E-state index is 0.293. The van der Waals surface area contributed by atoms with Crippen LogP contribution in [0.4, 0.5) is 13.2 Å². The van der Waals surface area contributed by atoms with E-state index in [0.717, 1.165) is 6.07 Å². The van der Waals surface area contributed by atoms with E-state index in [0.29, 0.717) is 0 Å². The lowest BCUT2D eigenvalue weighted by atomic mass is 9.81. The maximum atomic E-state index is 13.6. The highest BCUT2D eigenvalue weighted by atomic mass is 79.9. The van der Waals surface area contributed by atoms with Crippen LogP contribution in [0, 0.1) is 17.5 Å². The van der Waals surface area contributed by atoms with Gasteiger partial charge in [-0.25, -0.2) is 13.2 Å². The molecule has 0 unspecified atom stereocenters. The van der Waals surface area contributed by atoms with Gasteiger partial charge in [-0.1, -0.05) is 13.8 Å². The molecule has 17 heavy (non-hydrogen) atoms. The smallest absolute Gasteiger partial charge is 0.304 e. The van der Waals surface area contributed by atoms with E-state index in [9.17, 15) is 18.0 Å². The Kier molecular flexibility index (Phi) is 3.86. The molecule has 0 aromatic heterocycles. The van der Waals surface area contributed by atoms with Crippen LogP contribution in [0.1, 0.15) is 25.8 Å². The molecule has 94 valence electrons. The summed E-state index contributed by atoms with van der Waals surface area (Å²) in [7, 11) is 0. The zero-order chi connectivity index (χ0) is 13.4. The zero-order valence-electron chi connectivity index (χ0n) is 9.15. The first-order valence-electron chi connectivity index (χ1n) is 4.72. The van der Waals surface area contributed by atoms with Crippen LogP contribution in [0.15, 0.2) is 10.5 Å². The molecule has 2 nitrogen and oxygen atoms in total. The van der Waals surface area contributed by atoms with E-state index < -0.39 is 39.7 Å². The molecule has 0 fully saturated rings. The summed E-state index contributed by atoms with van der Waals surface area (Å²) in [6, 6.07) is 0.811. The molecule has 0 aliphatic heterocycles. The Hall–Kier alpha value is -1.04. The van der Waals surface area contributed by atoms with E-state index in [1.165, 1.54) is 13.8 Å². The van der Waals surface area contributed by atoms with Crippen LogP contribution < -0.4 is 0 Å². The molecular formula is C11H10BrF3O2. The molecule has 0 heterocycles. The molecule has 1 aromatic carbocycles. The van der Waals surface area contributed by atoms with Crippen molar-refractivity contribution in [2.24, 2.45) is 0 Å². The summed E-state index contributed by atoms with van der Waals surface area (Å²) < 4.78 is 39.6. The van der Waals surface area contributed by atoms with Crippen molar-refractivity contribution < 1.29 is 23.1 Å². The Morgan fingerprint density at radius 1 is 1.35 bits per heavy atom. The molecule has 1 aromatic rings. The van der Waals surface area contributed by atoms with Gasteiger partial charge >= 0.3 is 5.97 Å². The van der Waals surface area contributed by atoms with E-state index in [-0.39, 0.29) is 5.56 Å². The summed E-state index contributed by atoms with van der Waals surface area (Å²) in [6.07, 6.45) is -0.426. The lowest BCUT2D eigenvalue weighted by Crippen LogP contribution is -2.24. The molecule has 0 saturated heterocycles. The minimum Gasteiger partial charge on any atom is -0.481 e. The van der Waals surface area contributed by atoms with Gasteiger partial charge in [0.15, 0.2) is 11.6 Å². The number of carboxylic acid groups (broad SMARTS) is 1. The number of rotatable bonds is 3. The first kappa shape index (κ1) is 14.0. The third kappa shape index (κ3) is 2.80. The molecule has 0 amide bonds. The second kappa shape index (κ2) is 4.68. The first-order valence-corrected chi connectivity index (χ1v) is 5.51. The van der Waals surface area contributed by atoms with Crippen molar-refractivity contribution in [2.75, 3.05) is 0 Å². The Balaban J connectivity index is 3.37. The van der Waals surface area contributed by atoms with Crippen LogP contribution in [0.3, 0.4) is 0 Å². The van der Waals surface area contributed by atoms with Gasteiger partial charge in [0, 0.05) is 11.0 Å². The maximum Gasteiger partial charge on any atom is 0.304 e. The van der Waals surface area contributed by atoms with Crippen molar-refractivity contribution in [3.63, 3.8) is 0 Å². The minimum atomic E-state index is -1.35. The maximum absolute atomic E-state index is 13.6. The first-order chi connectivity index (χ1) is 7.66.